The van der Waals surface area contributed by atoms with Crippen molar-refractivity contribution < 1.29 is 4.79 Å². The van der Waals surface area contributed by atoms with Gasteiger partial charge in [-0.25, -0.2) is 0 Å². The largest absolute Gasteiger partial charge is 0.350 e. The van der Waals surface area contributed by atoms with Crippen molar-refractivity contribution in [1.82, 2.24) is 15.1 Å². The fourth-order valence-electron chi connectivity index (χ4n) is 2.18. The monoisotopic (exact) mass is 299 g/mol. The molecule has 0 unspecified atom stereocenters. The van der Waals surface area contributed by atoms with E-state index in [1.807, 2.05) is 48.5 Å². The van der Waals surface area contributed by atoms with Gasteiger partial charge in [0.2, 0.25) is 5.91 Å². The summed E-state index contributed by atoms with van der Waals surface area (Å²) in [5.41, 5.74) is 1.85. The number of halogens is 1. The van der Waals surface area contributed by atoms with Crippen molar-refractivity contribution in [2.45, 2.75) is 13.1 Å². The molecule has 0 saturated heterocycles. The van der Waals surface area contributed by atoms with Crippen LogP contribution in [0.5, 0.6) is 0 Å². The lowest BCUT2D eigenvalue weighted by atomic mass is 10.2. The van der Waals surface area contributed by atoms with E-state index in [2.05, 4.69) is 10.4 Å². The van der Waals surface area contributed by atoms with Crippen LogP contribution in [0.3, 0.4) is 0 Å². The van der Waals surface area contributed by atoms with Gasteiger partial charge in [-0.15, -0.1) is 0 Å². The topological polar surface area (TPSA) is 46.9 Å². The third kappa shape index (κ3) is 3.06. The van der Waals surface area contributed by atoms with E-state index in [-0.39, 0.29) is 12.5 Å². The second-order valence-corrected chi connectivity index (χ2v) is 5.14. The molecule has 0 fully saturated rings. The highest BCUT2D eigenvalue weighted by Crippen LogP contribution is 2.15. The Morgan fingerprint density at radius 2 is 1.90 bits per heavy atom. The number of fused-ring (bicyclic) bond motifs is 1. The Balaban J connectivity index is 1.66. The van der Waals surface area contributed by atoms with Gasteiger partial charge in [0.1, 0.15) is 6.54 Å². The molecule has 0 aliphatic rings. The van der Waals surface area contributed by atoms with E-state index in [9.17, 15) is 4.79 Å². The Labute approximate surface area is 127 Å². The first kappa shape index (κ1) is 13.6. The lowest BCUT2D eigenvalue weighted by Gasteiger charge is -2.07. The minimum absolute atomic E-state index is 0.0937. The Bertz CT molecular complexity index is 782. The molecule has 5 heteroatoms. The highest BCUT2D eigenvalue weighted by Gasteiger charge is 2.07. The SMILES string of the molecule is O=C(Cn1ncc2ccccc21)NCc1ccccc1Cl. The maximum Gasteiger partial charge on any atom is 0.242 e. The maximum atomic E-state index is 12.0. The summed E-state index contributed by atoms with van der Waals surface area (Å²) in [4.78, 5) is 12.0. The maximum absolute atomic E-state index is 12.0. The molecule has 0 saturated carbocycles. The predicted molar refractivity (Wildman–Crippen MR) is 83.0 cm³/mol. The normalized spacial score (nSPS) is 10.7. The zero-order chi connectivity index (χ0) is 14.7. The van der Waals surface area contributed by atoms with E-state index in [0.717, 1.165) is 16.5 Å². The van der Waals surface area contributed by atoms with Crippen LogP contribution in [0.4, 0.5) is 0 Å². The number of benzene rings is 2. The van der Waals surface area contributed by atoms with Gasteiger partial charge in [0.25, 0.3) is 0 Å². The zero-order valence-electron chi connectivity index (χ0n) is 11.3. The fraction of sp³-hybridized carbons (Fsp3) is 0.125. The highest BCUT2D eigenvalue weighted by molar-refractivity contribution is 6.31. The van der Waals surface area contributed by atoms with Crippen LogP contribution >= 0.6 is 11.6 Å². The molecule has 3 rings (SSSR count). The lowest BCUT2D eigenvalue weighted by molar-refractivity contribution is -0.121. The van der Waals surface area contributed by atoms with E-state index >= 15 is 0 Å². The smallest absolute Gasteiger partial charge is 0.242 e. The highest BCUT2D eigenvalue weighted by atomic mass is 35.5. The number of para-hydroxylation sites is 1. The van der Waals surface area contributed by atoms with Crippen LogP contribution in [0.25, 0.3) is 10.9 Å². The summed E-state index contributed by atoms with van der Waals surface area (Å²) < 4.78 is 1.69. The molecule has 4 nitrogen and oxygen atoms in total. The minimum atomic E-state index is -0.0937. The van der Waals surface area contributed by atoms with Gasteiger partial charge in [0, 0.05) is 17.0 Å². The van der Waals surface area contributed by atoms with E-state index < -0.39 is 0 Å². The van der Waals surface area contributed by atoms with Crippen LogP contribution in [0.1, 0.15) is 5.56 Å². The van der Waals surface area contributed by atoms with Crippen LogP contribution in [0, 0.1) is 0 Å². The molecule has 21 heavy (non-hydrogen) atoms. The number of nitrogens with one attached hydrogen (secondary N) is 1. The molecule has 1 heterocycles. The molecule has 0 aliphatic heterocycles. The molecule has 0 atom stereocenters. The number of amides is 1. The number of hydrogen-bond acceptors (Lipinski definition) is 2. The van der Waals surface area contributed by atoms with Gasteiger partial charge in [-0.1, -0.05) is 48.0 Å². The van der Waals surface area contributed by atoms with E-state index in [1.54, 1.807) is 10.9 Å². The van der Waals surface area contributed by atoms with Crippen molar-refractivity contribution in [3.63, 3.8) is 0 Å². The average Bonchev–Trinajstić information content (AvgIpc) is 2.90. The molecule has 1 amide bonds. The third-order valence-electron chi connectivity index (χ3n) is 3.28. The number of carbonyl (C=O) groups is 1. The van der Waals surface area contributed by atoms with Crippen molar-refractivity contribution in [2.24, 2.45) is 0 Å². The first-order valence-corrected chi connectivity index (χ1v) is 7.02. The van der Waals surface area contributed by atoms with Crippen LogP contribution in [-0.4, -0.2) is 15.7 Å². The zero-order valence-corrected chi connectivity index (χ0v) is 12.0. The number of nitrogens with zero attached hydrogens (tertiary/aromatic N) is 2. The molecule has 0 aliphatic carbocycles. The summed E-state index contributed by atoms with van der Waals surface area (Å²) in [6.07, 6.45) is 1.76. The van der Waals surface area contributed by atoms with Crippen molar-refractivity contribution in [1.29, 1.82) is 0 Å². The number of aromatic nitrogens is 2. The molecule has 1 aromatic heterocycles. The van der Waals surface area contributed by atoms with Gasteiger partial charge in [-0.3, -0.25) is 9.48 Å². The van der Waals surface area contributed by atoms with E-state index in [1.165, 1.54) is 0 Å². The Hall–Kier alpha value is -2.33. The van der Waals surface area contributed by atoms with Crippen LogP contribution < -0.4 is 5.32 Å². The Morgan fingerprint density at radius 1 is 1.14 bits per heavy atom. The fourth-order valence-corrected chi connectivity index (χ4v) is 2.38. The number of rotatable bonds is 4. The van der Waals surface area contributed by atoms with Crippen molar-refractivity contribution in [3.05, 3.63) is 65.3 Å². The van der Waals surface area contributed by atoms with E-state index in [4.69, 9.17) is 11.6 Å². The number of carbonyl (C=O) groups excluding carboxylic acids is 1. The van der Waals surface area contributed by atoms with Gasteiger partial charge < -0.3 is 5.32 Å². The van der Waals surface area contributed by atoms with Gasteiger partial charge in [0.15, 0.2) is 0 Å². The third-order valence-corrected chi connectivity index (χ3v) is 3.65. The minimum Gasteiger partial charge on any atom is -0.350 e. The first-order chi connectivity index (χ1) is 10.2. The number of hydrogen-bond donors (Lipinski definition) is 1. The molecular formula is C16H14ClN3O. The summed E-state index contributed by atoms with van der Waals surface area (Å²) in [5.74, 6) is -0.0937. The van der Waals surface area contributed by atoms with Gasteiger partial charge in [-0.2, -0.15) is 5.10 Å². The molecule has 3 aromatic rings. The second-order valence-electron chi connectivity index (χ2n) is 4.73. The molecular weight excluding hydrogens is 286 g/mol. The summed E-state index contributed by atoms with van der Waals surface area (Å²) in [6, 6.07) is 15.3. The van der Waals surface area contributed by atoms with Crippen LogP contribution in [-0.2, 0) is 17.9 Å². The summed E-state index contributed by atoms with van der Waals surface area (Å²) in [6.45, 7) is 0.607. The van der Waals surface area contributed by atoms with Gasteiger partial charge in [-0.05, 0) is 17.7 Å². The average molecular weight is 300 g/mol. The summed E-state index contributed by atoms with van der Waals surface area (Å²) >= 11 is 6.06. The lowest BCUT2D eigenvalue weighted by Crippen LogP contribution is -2.27. The Kier molecular flexibility index (Phi) is 3.88. The van der Waals surface area contributed by atoms with Gasteiger partial charge in [0.05, 0.1) is 11.7 Å². The van der Waals surface area contributed by atoms with Crippen LogP contribution in [0.15, 0.2) is 54.7 Å². The second kappa shape index (κ2) is 5.97. The molecule has 1 N–H and O–H groups in total. The molecule has 0 radical (unpaired) electrons. The quantitative estimate of drug-likeness (QED) is 0.805. The molecule has 0 spiro atoms. The van der Waals surface area contributed by atoms with Crippen molar-refractivity contribution >= 4 is 28.4 Å². The van der Waals surface area contributed by atoms with Crippen molar-refractivity contribution in [3.8, 4) is 0 Å². The molecule has 0 bridgehead atoms. The predicted octanol–water partition coefficient (Wildman–Crippen LogP) is 3.01. The molecule has 2 aromatic carbocycles. The molecule has 106 valence electrons. The van der Waals surface area contributed by atoms with E-state index in [0.29, 0.717) is 11.6 Å². The first-order valence-electron chi connectivity index (χ1n) is 6.65. The summed E-state index contributed by atoms with van der Waals surface area (Å²) in [7, 11) is 0. The van der Waals surface area contributed by atoms with Gasteiger partial charge >= 0.3 is 0 Å². The standard InChI is InChI=1S/C16H14ClN3O/c17-14-7-3-1-5-12(14)9-18-16(21)11-20-15-8-4-2-6-13(15)10-19-20/h1-8,10H,9,11H2,(H,18,21). The van der Waals surface area contributed by atoms with Crippen LogP contribution in [0.2, 0.25) is 5.02 Å². The Morgan fingerprint density at radius 3 is 2.76 bits per heavy atom. The summed E-state index contributed by atoms with van der Waals surface area (Å²) in [5, 5.41) is 8.78. The van der Waals surface area contributed by atoms with Crippen molar-refractivity contribution in [2.75, 3.05) is 0 Å².